The van der Waals surface area contributed by atoms with Crippen LogP contribution in [-0.2, 0) is 27.2 Å². The van der Waals surface area contributed by atoms with E-state index in [2.05, 4.69) is 10.3 Å². The number of carbonyl (C=O) groups is 2. The number of aromatic nitrogens is 1. The highest BCUT2D eigenvalue weighted by molar-refractivity contribution is 7.15. The fourth-order valence-electron chi connectivity index (χ4n) is 2.60. The van der Waals surface area contributed by atoms with Gasteiger partial charge in [-0.15, -0.1) is 11.3 Å². The lowest BCUT2D eigenvalue weighted by molar-refractivity contribution is -0.150. The van der Waals surface area contributed by atoms with Crippen LogP contribution in [0.25, 0.3) is 0 Å². The van der Waals surface area contributed by atoms with Crippen LogP contribution in [0.2, 0.25) is 0 Å². The van der Waals surface area contributed by atoms with Crippen molar-refractivity contribution in [2.24, 2.45) is 0 Å². The lowest BCUT2D eigenvalue weighted by atomic mass is 10.0. The fourth-order valence-corrected chi connectivity index (χ4v) is 3.66. The largest absolute Gasteiger partial charge is 0.479 e. The first-order valence-electron chi connectivity index (χ1n) is 6.81. The van der Waals surface area contributed by atoms with Crippen LogP contribution in [0.4, 0.5) is 5.13 Å². The molecule has 108 valence electrons. The van der Waals surface area contributed by atoms with Crippen LogP contribution in [0.5, 0.6) is 0 Å². The van der Waals surface area contributed by atoms with Gasteiger partial charge in [-0.05, 0) is 38.5 Å². The molecule has 2 atom stereocenters. The predicted molar refractivity (Wildman–Crippen MR) is 72.9 cm³/mol. The maximum Gasteiger partial charge on any atom is 0.332 e. The minimum atomic E-state index is -1.01. The molecule has 6 nitrogen and oxygen atoms in total. The number of fused-ring (bicyclic) bond motifs is 1. The number of rotatable bonds is 3. The van der Waals surface area contributed by atoms with Crippen molar-refractivity contribution >= 4 is 28.3 Å². The van der Waals surface area contributed by atoms with E-state index in [0.29, 0.717) is 18.0 Å². The number of carboxylic acid groups (broad SMARTS) is 1. The standard InChI is InChI=1S/C13H16N2O4S/c16-11(8-5-6-9(19-8)12(17)18)15-13-14-7-3-1-2-4-10(7)20-13/h8-9H,1-6H2,(H,17,18)(H,14,15,16)/t8-,9+/m0/s1. The maximum atomic E-state index is 12.0. The molecule has 1 aliphatic heterocycles. The van der Waals surface area contributed by atoms with Gasteiger partial charge in [0.15, 0.2) is 11.2 Å². The second-order valence-corrected chi connectivity index (χ2v) is 6.20. The van der Waals surface area contributed by atoms with Crippen LogP contribution < -0.4 is 5.32 Å². The lowest BCUT2D eigenvalue weighted by Gasteiger charge is -2.09. The quantitative estimate of drug-likeness (QED) is 0.884. The highest BCUT2D eigenvalue weighted by Crippen LogP contribution is 2.30. The molecular weight excluding hydrogens is 280 g/mol. The molecule has 1 aromatic heterocycles. The molecule has 2 heterocycles. The number of carboxylic acids is 1. The third-order valence-electron chi connectivity index (χ3n) is 3.66. The number of aryl methyl sites for hydroxylation is 2. The summed E-state index contributed by atoms with van der Waals surface area (Å²) in [6, 6.07) is 0. The molecule has 0 saturated carbocycles. The first kappa shape index (κ1) is 13.5. The number of thiazole rings is 1. The van der Waals surface area contributed by atoms with Crippen molar-refractivity contribution in [1.29, 1.82) is 0 Å². The summed E-state index contributed by atoms with van der Waals surface area (Å²) in [6.07, 6.45) is 3.60. The molecule has 2 N–H and O–H groups in total. The molecule has 1 fully saturated rings. The van der Waals surface area contributed by atoms with Crippen molar-refractivity contribution in [1.82, 2.24) is 4.98 Å². The molecule has 0 bridgehead atoms. The van der Waals surface area contributed by atoms with Crippen LogP contribution in [0.1, 0.15) is 36.3 Å². The van der Waals surface area contributed by atoms with Crippen molar-refractivity contribution in [2.45, 2.75) is 50.7 Å². The number of carbonyl (C=O) groups excluding carboxylic acids is 1. The van der Waals surface area contributed by atoms with E-state index in [4.69, 9.17) is 9.84 Å². The maximum absolute atomic E-state index is 12.0. The second kappa shape index (κ2) is 5.49. The molecule has 1 aromatic rings. The summed E-state index contributed by atoms with van der Waals surface area (Å²) in [5, 5.41) is 12.2. The molecule has 0 spiro atoms. The molecular formula is C13H16N2O4S. The fraction of sp³-hybridized carbons (Fsp3) is 0.615. The molecule has 3 rings (SSSR count). The Balaban J connectivity index is 1.62. The van der Waals surface area contributed by atoms with Gasteiger partial charge in [0, 0.05) is 4.88 Å². The number of ether oxygens (including phenoxy) is 1. The average molecular weight is 296 g/mol. The minimum Gasteiger partial charge on any atom is -0.479 e. The summed E-state index contributed by atoms with van der Waals surface area (Å²) in [5.41, 5.74) is 1.09. The van der Waals surface area contributed by atoms with Crippen molar-refractivity contribution < 1.29 is 19.4 Å². The van der Waals surface area contributed by atoms with E-state index in [-0.39, 0.29) is 5.91 Å². The van der Waals surface area contributed by atoms with Gasteiger partial charge in [-0.2, -0.15) is 0 Å². The van der Waals surface area contributed by atoms with Gasteiger partial charge in [0.25, 0.3) is 5.91 Å². The Morgan fingerprint density at radius 1 is 1.25 bits per heavy atom. The average Bonchev–Trinajstić information content (AvgIpc) is 3.04. The van der Waals surface area contributed by atoms with Gasteiger partial charge in [-0.3, -0.25) is 10.1 Å². The zero-order valence-electron chi connectivity index (χ0n) is 10.9. The number of hydrogen-bond donors (Lipinski definition) is 2. The molecule has 0 unspecified atom stereocenters. The zero-order chi connectivity index (χ0) is 14.1. The van der Waals surface area contributed by atoms with Crippen LogP contribution in [0.3, 0.4) is 0 Å². The third-order valence-corrected chi connectivity index (χ3v) is 4.74. The van der Waals surface area contributed by atoms with Crippen LogP contribution >= 0.6 is 11.3 Å². The van der Waals surface area contributed by atoms with Gasteiger partial charge in [0.2, 0.25) is 0 Å². The Hall–Kier alpha value is -1.47. The molecule has 0 radical (unpaired) electrons. The van der Waals surface area contributed by atoms with Gasteiger partial charge in [0.05, 0.1) is 5.69 Å². The van der Waals surface area contributed by atoms with Gasteiger partial charge < -0.3 is 9.84 Å². The molecule has 7 heteroatoms. The summed E-state index contributed by atoms with van der Waals surface area (Å²) in [6.45, 7) is 0. The number of anilines is 1. The van der Waals surface area contributed by atoms with Crippen LogP contribution in [0.15, 0.2) is 0 Å². The molecule has 0 aromatic carbocycles. The Morgan fingerprint density at radius 3 is 2.70 bits per heavy atom. The van der Waals surface area contributed by atoms with Crippen LogP contribution in [0, 0.1) is 0 Å². The first-order chi connectivity index (χ1) is 9.63. The first-order valence-corrected chi connectivity index (χ1v) is 7.63. The van der Waals surface area contributed by atoms with Gasteiger partial charge in [0.1, 0.15) is 6.10 Å². The smallest absolute Gasteiger partial charge is 0.332 e. The number of aliphatic carboxylic acids is 1. The lowest BCUT2D eigenvalue weighted by Crippen LogP contribution is -2.29. The third kappa shape index (κ3) is 2.69. The number of hydrogen-bond acceptors (Lipinski definition) is 5. The van der Waals surface area contributed by atoms with Gasteiger partial charge in [-0.1, -0.05) is 0 Å². The molecule has 20 heavy (non-hydrogen) atoms. The Morgan fingerprint density at radius 2 is 2.00 bits per heavy atom. The van der Waals surface area contributed by atoms with E-state index in [9.17, 15) is 9.59 Å². The van der Waals surface area contributed by atoms with Crippen molar-refractivity contribution in [3.05, 3.63) is 10.6 Å². The molecule has 1 amide bonds. The number of nitrogens with one attached hydrogen (secondary N) is 1. The molecule has 2 aliphatic rings. The van der Waals surface area contributed by atoms with E-state index in [1.165, 1.54) is 22.6 Å². The Kier molecular flexibility index (Phi) is 3.71. The highest BCUT2D eigenvalue weighted by Gasteiger charge is 2.35. The normalized spacial score (nSPS) is 25.2. The van der Waals surface area contributed by atoms with Crippen molar-refractivity contribution in [3.8, 4) is 0 Å². The van der Waals surface area contributed by atoms with E-state index < -0.39 is 18.2 Å². The second-order valence-electron chi connectivity index (χ2n) is 5.11. The summed E-state index contributed by atoms with van der Waals surface area (Å²) >= 11 is 1.51. The summed E-state index contributed by atoms with van der Waals surface area (Å²) in [7, 11) is 0. The minimum absolute atomic E-state index is 0.292. The molecule has 1 saturated heterocycles. The van der Waals surface area contributed by atoms with E-state index in [1.807, 2.05) is 0 Å². The zero-order valence-corrected chi connectivity index (χ0v) is 11.7. The van der Waals surface area contributed by atoms with Gasteiger partial charge in [-0.25, -0.2) is 9.78 Å². The number of amides is 1. The van der Waals surface area contributed by atoms with Crippen LogP contribution in [-0.4, -0.2) is 34.2 Å². The topological polar surface area (TPSA) is 88.5 Å². The summed E-state index contributed by atoms with van der Waals surface area (Å²) in [4.78, 5) is 28.5. The summed E-state index contributed by atoms with van der Waals surface area (Å²) < 4.78 is 5.22. The van der Waals surface area contributed by atoms with E-state index in [1.54, 1.807) is 0 Å². The van der Waals surface area contributed by atoms with E-state index >= 15 is 0 Å². The Bertz CT molecular complexity index is 519. The highest BCUT2D eigenvalue weighted by atomic mass is 32.1. The monoisotopic (exact) mass is 296 g/mol. The Labute approximate surface area is 120 Å². The van der Waals surface area contributed by atoms with Crippen molar-refractivity contribution in [2.75, 3.05) is 5.32 Å². The summed E-state index contributed by atoms with van der Waals surface area (Å²) in [5.74, 6) is -1.30. The van der Waals surface area contributed by atoms with Crippen molar-refractivity contribution in [3.63, 3.8) is 0 Å². The van der Waals surface area contributed by atoms with E-state index in [0.717, 1.165) is 25.0 Å². The predicted octanol–water partition coefficient (Wildman–Crippen LogP) is 1.59. The van der Waals surface area contributed by atoms with Gasteiger partial charge >= 0.3 is 5.97 Å². The number of nitrogens with zero attached hydrogens (tertiary/aromatic N) is 1. The molecule has 1 aliphatic carbocycles. The SMILES string of the molecule is O=C(Nc1nc2c(s1)CCCC2)[C@@H]1CC[C@H](C(=O)O)O1.